The van der Waals surface area contributed by atoms with Crippen LogP contribution in [0.15, 0.2) is 12.7 Å². The molecule has 0 aliphatic carbocycles. The van der Waals surface area contributed by atoms with E-state index < -0.39 is 0 Å². The lowest BCUT2D eigenvalue weighted by molar-refractivity contribution is 0.0712. The number of nitrogens with one attached hydrogen (secondary N) is 1. The lowest BCUT2D eigenvalue weighted by Crippen LogP contribution is -2.47. The van der Waals surface area contributed by atoms with Gasteiger partial charge in [-0.2, -0.15) is 0 Å². The van der Waals surface area contributed by atoms with Crippen LogP contribution < -0.4 is 5.32 Å². The molecule has 1 atom stereocenters. The fourth-order valence-corrected chi connectivity index (χ4v) is 2.92. The topological polar surface area (TPSA) is 15.3 Å². The molecule has 0 bridgehead atoms. The van der Waals surface area contributed by atoms with Crippen molar-refractivity contribution in [2.45, 2.75) is 52.5 Å². The van der Waals surface area contributed by atoms with Gasteiger partial charge in [0.25, 0.3) is 0 Å². The molecular weight excluding hydrogens is 208 g/mol. The van der Waals surface area contributed by atoms with Crippen molar-refractivity contribution in [3.63, 3.8) is 0 Å². The standard InChI is InChI=1S/C15H30N2/c1-5-10-16-13-14(4)17-11-8-15(6-2,7-3)9-12-17/h5,14,16H,1,6-13H2,2-4H3. The van der Waals surface area contributed by atoms with Gasteiger partial charge in [-0.15, -0.1) is 6.58 Å². The summed E-state index contributed by atoms with van der Waals surface area (Å²) >= 11 is 0. The van der Waals surface area contributed by atoms with E-state index in [-0.39, 0.29) is 0 Å². The predicted molar refractivity (Wildman–Crippen MR) is 76.4 cm³/mol. The molecule has 1 unspecified atom stereocenters. The van der Waals surface area contributed by atoms with Gasteiger partial charge in [-0.05, 0) is 38.3 Å². The third-order valence-corrected chi connectivity index (χ3v) is 4.71. The molecule has 1 heterocycles. The van der Waals surface area contributed by atoms with Gasteiger partial charge in [-0.3, -0.25) is 4.90 Å². The van der Waals surface area contributed by atoms with E-state index in [0.717, 1.165) is 13.1 Å². The summed E-state index contributed by atoms with van der Waals surface area (Å²) in [6.07, 6.45) is 7.39. The zero-order valence-electron chi connectivity index (χ0n) is 12.0. The van der Waals surface area contributed by atoms with Gasteiger partial charge >= 0.3 is 0 Å². The van der Waals surface area contributed by atoms with Gasteiger partial charge < -0.3 is 5.32 Å². The van der Waals surface area contributed by atoms with Gasteiger partial charge in [0.15, 0.2) is 0 Å². The lowest BCUT2D eigenvalue weighted by Gasteiger charge is -2.43. The maximum atomic E-state index is 3.74. The molecule has 100 valence electrons. The molecule has 0 aromatic carbocycles. The van der Waals surface area contributed by atoms with Gasteiger partial charge in [-0.1, -0.05) is 32.8 Å². The molecule has 0 radical (unpaired) electrons. The molecule has 0 saturated carbocycles. The van der Waals surface area contributed by atoms with Crippen LogP contribution in [0.2, 0.25) is 0 Å². The van der Waals surface area contributed by atoms with Gasteiger partial charge in [0.05, 0.1) is 0 Å². The Bertz CT molecular complexity index is 211. The third-order valence-electron chi connectivity index (χ3n) is 4.71. The smallest absolute Gasteiger partial charge is 0.0192 e. The second-order valence-corrected chi connectivity index (χ2v) is 5.54. The minimum Gasteiger partial charge on any atom is -0.312 e. The van der Waals surface area contributed by atoms with Crippen molar-refractivity contribution < 1.29 is 0 Å². The van der Waals surface area contributed by atoms with Gasteiger partial charge in [-0.25, -0.2) is 0 Å². The summed E-state index contributed by atoms with van der Waals surface area (Å²) in [6.45, 7) is 15.3. The molecule has 0 spiro atoms. The Balaban J connectivity index is 2.32. The number of hydrogen-bond acceptors (Lipinski definition) is 2. The molecule has 17 heavy (non-hydrogen) atoms. The van der Waals surface area contributed by atoms with Crippen LogP contribution in [-0.4, -0.2) is 37.1 Å². The average molecular weight is 238 g/mol. The van der Waals surface area contributed by atoms with Gasteiger partial charge in [0.2, 0.25) is 0 Å². The highest BCUT2D eigenvalue weighted by Gasteiger charge is 2.32. The molecule has 1 rings (SSSR count). The highest BCUT2D eigenvalue weighted by molar-refractivity contribution is 4.86. The summed E-state index contributed by atoms with van der Waals surface area (Å²) in [4.78, 5) is 2.64. The summed E-state index contributed by atoms with van der Waals surface area (Å²) in [7, 11) is 0. The average Bonchev–Trinajstić information content (AvgIpc) is 2.39. The summed E-state index contributed by atoms with van der Waals surface area (Å²) in [5, 5.41) is 3.42. The van der Waals surface area contributed by atoms with Crippen LogP contribution >= 0.6 is 0 Å². The molecule has 0 aromatic heterocycles. The first-order chi connectivity index (χ1) is 8.17. The molecule has 1 N–H and O–H groups in total. The second kappa shape index (κ2) is 7.17. The lowest BCUT2D eigenvalue weighted by atomic mass is 9.74. The third kappa shape index (κ3) is 4.11. The summed E-state index contributed by atoms with van der Waals surface area (Å²) in [6, 6.07) is 0.654. The first-order valence-corrected chi connectivity index (χ1v) is 7.23. The molecule has 2 heteroatoms. The maximum absolute atomic E-state index is 3.74. The molecular formula is C15H30N2. The van der Waals surface area contributed by atoms with Crippen LogP contribution in [0.3, 0.4) is 0 Å². The van der Waals surface area contributed by atoms with E-state index >= 15 is 0 Å². The van der Waals surface area contributed by atoms with Crippen molar-refractivity contribution in [3.8, 4) is 0 Å². The highest BCUT2D eigenvalue weighted by Crippen LogP contribution is 2.38. The van der Waals surface area contributed by atoms with E-state index in [4.69, 9.17) is 0 Å². The Morgan fingerprint density at radius 1 is 1.29 bits per heavy atom. The van der Waals surface area contributed by atoms with Gasteiger partial charge in [0.1, 0.15) is 0 Å². The monoisotopic (exact) mass is 238 g/mol. The van der Waals surface area contributed by atoms with Crippen LogP contribution in [0.4, 0.5) is 0 Å². The van der Waals surface area contributed by atoms with Crippen LogP contribution in [-0.2, 0) is 0 Å². The van der Waals surface area contributed by atoms with Crippen molar-refractivity contribution in [2.75, 3.05) is 26.2 Å². The van der Waals surface area contributed by atoms with Crippen LogP contribution in [0, 0.1) is 5.41 Å². The van der Waals surface area contributed by atoms with Crippen molar-refractivity contribution in [2.24, 2.45) is 5.41 Å². The maximum Gasteiger partial charge on any atom is 0.0192 e. The fraction of sp³-hybridized carbons (Fsp3) is 0.867. The molecule has 1 saturated heterocycles. The zero-order chi connectivity index (χ0) is 12.7. The number of hydrogen-bond donors (Lipinski definition) is 1. The largest absolute Gasteiger partial charge is 0.312 e. The van der Waals surface area contributed by atoms with E-state index in [1.54, 1.807) is 0 Å². The first kappa shape index (κ1) is 14.7. The number of nitrogens with zero attached hydrogens (tertiary/aromatic N) is 1. The fourth-order valence-electron chi connectivity index (χ4n) is 2.92. The molecule has 2 nitrogen and oxygen atoms in total. The summed E-state index contributed by atoms with van der Waals surface area (Å²) in [5.41, 5.74) is 0.644. The van der Waals surface area contributed by atoms with Crippen molar-refractivity contribution in [1.29, 1.82) is 0 Å². The Kier molecular flexibility index (Phi) is 6.21. The number of piperidine rings is 1. The Morgan fingerprint density at radius 3 is 2.35 bits per heavy atom. The molecule has 0 aromatic rings. The Morgan fingerprint density at radius 2 is 1.88 bits per heavy atom. The second-order valence-electron chi connectivity index (χ2n) is 5.54. The van der Waals surface area contributed by atoms with Crippen molar-refractivity contribution >= 4 is 0 Å². The minimum atomic E-state index is 0.644. The zero-order valence-corrected chi connectivity index (χ0v) is 12.0. The summed E-state index contributed by atoms with van der Waals surface area (Å²) < 4.78 is 0. The molecule has 1 aliphatic rings. The summed E-state index contributed by atoms with van der Waals surface area (Å²) in [5.74, 6) is 0. The van der Waals surface area contributed by atoms with Crippen molar-refractivity contribution in [1.82, 2.24) is 10.2 Å². The quantitative estimate of drug-likeness (QED) is 0.542. The molecule has 0 amide bonds. The van der Waals surface area contributed by atoms with Crippen LogP contribution in [0.5, 0.6) is 0 Å². The van der Waals surface area contributed by atoms with Crippen LogP contribution in [0.25, 0.3) is 0 Å². The minimum absolute atomic E-state index is 0.644. The molecule has 1 aliphatic heterocycles. The number of rotatable bonds is 7. The van der Waals surface area contributed by atoms with Crippen LogP contribution in [0.1, 0.15) is 46.5 Å². The van der Waals surface area contributed by atoms with E-state index in [1.165, 1.54) is 38.8 Å². The highest BCUT2D eigenvalue weighted by atomic mass is 15.2. The molecule has 1 fully saturated rings. The van der Waals surface area contributed by atoms with E-state index in [2.05, 4.69) is 37.6 Å². The Labute approximate surface area is 107 Å². The van der Waals surface area contributed by atoms with E-state index in [0.29, 0.717) is 11.5 Å². The van der Waals surface area contributed by atoms with Crippen molar-refractivity contribution in [3.05, 3.63) is 12.7 Å². The number of likely N-dealkylation sites (tertiary alicyclic amines) is 1. The van der Waals surface area contributed by atoms with E-state index in [9.17, 15) is 0 Å². The Hall–Kier alpha value is -0.340. The predicted octanol–water partition coefficient (Wildman–Crippen LogP) is 3.05. The SMILES string of the molecule is C=CCNCC(C)N1CCC(CC)(CC)CC1. The van der Waals surface area contributed by atoms with E-state index in [1.807, 2.05) is 6.08 Å². The first-order valence-electron chi connectivity index (χ1n) is 7.23. The van der Waals surface area contributed by atoms with Gasteiger partial charge in [0, 0.05) is 19.1 Å². The normalized spacial score (nSPS) is 22.3.